The Kier molecular flexibility index (Phi) is 4.50. The van der Waals surface area contributed by atoms with Crippen molar-refractivity contribution in [3.8, 4) is 0 Å². The van der Waals surface area contributed by atoms with Crippen LogP contribution >= 0.6 is 22.9 Å². The normalized spacial score (nSPS) is 11.3. The Morgan fingerprint density at radius 1 is 1.38 bits per heavy atom. The zero-order valence-electron chi connectivity index (χ0n) is 10.8. The highest BCUT2D eigenvalue weighted by Crippen LogP contribution is 2.23. The maximum absolute atomic E-state index is 12.1. The first-order valence-electron chi connectivity index (χ1n) is 5.72. The number of rotatable bonds is 5. The average molecular weight is 347 g/mol. The molecule has 0 amide bonds. The molecule has 1 aromatic heterocycles. The summed E-state index contributed by atoms with van der Waals surface area (Å²) in [6.07, 6.45) is 0. The van der Waals surface area contributed by atoms with Crippen molar-refractivity contribution < 1.29 is 18.3 Å². The molecule has 0 spiro atoms. The molecule has 0 bridgehead atoms. The van der Waals surface area contributed by atoms with E-state index in [0.717, 1.165) is 11.3 Å². The summed E-state index contributed by atoms with van der Waals surface area (Å²) in [5.74, 6) is -1.46. The second-order valence-corrected chi connectivity index (χ2v) is 7.55. The van der Waals surface area contributed by atoms with Gasteiger partial charge in [0.15, 0.2) is 15.0 Å². The number of carbonyl (C=O) groups is 1. The summed E-state index contributed by atoms with van der Waals surface area (Å²) in [6.45, 7) is 1.55. The van der Waals surface area contributed by atoms with Gasteiger partial charge in [-0.3, -0.25) is 0 Å². The minimum Gasteiger partial charge on any atom is -0.477 e. The molecule has 0 aliphatic heterocycles. The van der Waals surface area contributed by atoms with Gasteiger partial charge in [0.2, 0.25) is 0 Å². The molecule has 0 fully saturated rings. The van der Waals surface area contributed by atoms with Crippen molar-refractivity contribution in [1.82, 2.24) is 4.98 Å². The number of benzene rings is 1. The second-order valence-electron chi connectivity index (χ2n) is 4.13. The van der Waals surface area contributed by atoms with Crippen molar-refractivity contribution >= 4 is 43.9 Å². The fraction of sp³-hybridized carbons (Fsp3) is 0.167. The number of anilines is 1. The van der Waals surface area contributed by atoms with E-state index in [2.05, 4.69) is 10.3 Å². The first-order chi connectivity index (χ1) is 9.79. The Balaban J connectivity index is 2.13. The Morgan fingerprint density at radius 3 is 2.52 bits per heavy atom. The number of carboxylic acid groups (broad SMARTS) is 1. The number of hydrogen-bond donors (Lipinski definition) is 2. The predicted octanol–water partition coefficient (Wildman–Crippen LogP) is 2.65. The topological polar surface area (TPSA) is 96.4 Å². The van der Waals surface area contributed by atoms with E-state index in [0.29, 0.717) is 10.7 Å². The first-order valence-corrected chi connectivity index (χ1v) is 8.57. The molecular weight excluding hydrogens is 336 g/mol. The molecule has 2 N–H and O–H groups in total. The molecule has 0 atom stereocenters. The Bertz CT molecular complexity index is 769. The standard InChI is InChI=1S/C12H11ClN2O4S2/c1-7-10(11(16)17)20-12(15-7)14-6-21(18,19)9-4-2-8(13)3-5-9/h2-5H,6H2,1H3,(H,14,15)(H,16,17). The molecule has 6 nitrogen and oxygen atoms in total. The number of thiazole rings is 1. The lowest BCUT2D eigenvalue weighted by Crippen LogP contribution is -2.14. The number of halogens is 1. The summed E-state index contributed by atoms with van der Waals surface area (Å²) in [4.78, 5) is 15.1. The Morgan fingerprint density at radius 2 is 2.00 bits per heavy atom. The summed E-state index contributed by atoms with van der Waals surface area (Å²) in [5, 5.41) is 12.3. The van der Waals surface area contributed by atoms with Crippen molar-refractivity contribution in [2.75, 3.05) is 11.2 Å². The van der Waals surface area contributed by atoms with Gasteiger partial charge in [0.1, 0.15) is 10.8 Å². The molecule has 1 aromatic carbocycles. The van der Waals surface area contributed by atoms with Crippen LogP contribution in [-0.2, 0) is 9.84 Å². The van der Waals surface area contributed by atoms with Crippen LogP contribution in [0.2, 0.25) is 5.02 Å². The zero-order chi connectivity index (χ0) is 15.6. The van der Waals surface area contributed by atoms with Gasteiger partial charge in [-0.2, -0.15) is 0 Å². The van der Waals surface area contributed by atoms with Crippen LogP contribution in [0.1, 0.15) is 15.4 Å². The van der Waals surface area contributed by atoms with E-state index < -0.39 is 15.8 Å². The number of nitrogens with zero attached hydrogens (tertiary/aromatic N) is 1. The minimum atomic E-state index is -3.55. The molecule has 0 unspecified atom stereocenters. The molecule has 0 radical (unpaired) electrons. The molecule has 0 aliphatic carbocycles. The third-order valence-corrected chi connectivity index (χ3v) is 5.45. The zero-order valence-corrected chi connectivity index (χ0v) is 13.2. The third-order valence-electron chi connectivity index (χ3n) is 2.58. The number of hydrogen-bond acceptors (Lipinski definition) is 6. The van der Waals surface area contributed by atoms with E-state index in [1.165, 1.54) is 24.3 Å². The van der Waals surface area contributed by atoms with Gasteiger partial charge in [-0.05, 0) is 31.2 Å². The maximum atomic E-state index is 12.1. The van der Waals surface area contributed by atoms with E-state index >= 15 is 0 Å². The first kappa shape index (κ1) is 15.7. The molecule has 0 aliphatic rings. The number of carboxylic acids is 1. The molecule has 21 heavy (non-hydrogen) atoms. The van der Waals surface area contributed by atoms with Crippen LogP contribution in [0, 0.1) is 6.92 Å². The van der Waals surface area contributed by atoms with Gasteiger partial charge in [-0.1, -0.05) is 22.9 Å². The SMILES string of the molecule is Cc1nc(NCS(=O)(=O)c2ccc(Cl)cc2)sc1C(=O)O. The molecule has 0 saturated heterocycles. The third kappa shape index (κ3) is 3.72. The summed E-state index contributed by atoms with van der Waals surface area (Å²) < 4.78 is 24.2. The van der Waals surface area contributed by atoms with E-state index in [-0.39, 0.29) is 20.8 Å². The predicted molar refractivity (Wildman–Crippen MR) is 80.9 cm³/mol. The highest BCUT2D eigenvalue weighted by molar-refractivity contribution is 7.91. The molecule has 112 valence electrons. The molecule has 0 saturated carbocycles. The summed E-state index contributed by atoms with van der Waals surface area (Å²) in [5.41, 5.74) is 0.346. The summed E-state index contributed by atoms with van der Waals surface area (Å²) in [6, 6.07) is 5.80. The smallest absolute Gasteiger partial charge is 0.347 e. The van der Waals surface area contributed by atoms with Crippen LogP contribution in [0.15, 0.2) is 29.2 Å². The van der Waals surface area contributed by atoms with Crippen LogP contribution in [0.5, 0.6) is 0 Å². The Labute approximate surface area is 130 Å². The highest BCUT2D eigenvalue weighted by atomic mass is 35.5. The van der Waals surface area contributed by atoms with E-state index in [4.69, 9.17) is 16.7 Å². The number of aromatic nitrogens is 1. The van der Waals surface area contributed by atoms with E-state index in [1.807, 2.05) is 0 Å². The van der Waals surface area contributed by atoms with Gasteiger partial charge in [0.05, 0.1) is 10.6 Å². The van der Waals surface area contributed by atoms with Gasteiger partial charge >= 0.3 is 5.97 Å². The Hall–Kier alpha value is -1.64. The molecule has 1 heterocycles. The molecular formula is C12H11ClN2O4S2. The largest absolute Gasteiger partial charge is 0.477 e. The van der Waals surface area contributed by atoms with E-state index in [9.17, 15) is 13.2 Å². The van der Waals surface area contributed by atoms with Crippen LogP contribution in [0.25, 0.3) is 0 Å². The molecule has 2 rings (SSSR count). The van der Waals surface area contributed by atoms with Gasteiger partial charge < -0.3 is 10.4 Å². The number of sulfone groups is 1. The number of aromatic carboxylic acids is 1. The van der Waals surface area contributed by atoms with Crippen LogP contribution in [-0.4, -0.2) is 30.4 Å². The van der Waals surface area contributed by atoms with Gasteiger partial charge in [0.25, 0.3) is 0 Å². The lowest BCUT2D eigenvalue weighted by Gasteiger charge is -2.05. The average Bonchev–Trinajstić information content (AvgIpc) is 2.79. The number of nitrogens with one attached hydrogen (secondary N) is 1. The van der Waals surface area contributed by atoms with Crippen molar-refractivity contribution in [2.45, 2.75) is 11.8 Å². The highest BCUT2D eigenvalue weighted by Gasteiger charge is 2.17. The summed E-state index contributed by atoms with van der Waals surface area (Å²) in [7, 11) is -3.55. The van der Waals surface area contributed by atoms with Gasteiger partial charge in [0, 0.05) is 5.02 Å². The van der Waals surface area contributed by atoms with E-state index in [1.54, 1.807) is 6.92 Å². The second kappa shape index (κ2) is 6.00. The maximum Gasteiger partial charge on any atom is 0.347 e. The fourth-order valence-electron chi connectivity index (χ4n) is 1.55. The monoisotopic (exact) mass is 346 g/mol. The van der Waals surface area contributed by atoms with Gasteiger partial charge in [-0.25, -0.2) is 18.2 Å². The molecule has 9 heteroatoms. The van der Waals surface area contributed by atoms with Crippen LogP contribution in [0.3, 0.4) is 0 Å². The quantitative estimate of drug-likeness (QED) is 0.864. The van der Waals surface area contributed by atoms with Crippen LogP contribution in [0.4, 0.5) is 5.13 Å². The van der Waals surface area contributed by atoms with Gasteiger partial charge in [-0.15, -0.1) is 0 Å². The lowest BCUT2D eigenvalue weighted by atomic mass is 10.4. The van der Waals surface area contributed by atoms with Crippen molar-refractivity contribution in [3.63, 3.8) is 0 Å². The van der Waals surface area contributed by atoms with Crippen LogP contribution < -0.4 is 5.32 Å². The summed E-state index contributed by atoms with van der Waals surface area (Å²) >= 11 is 6.61. The molecule has 2 aromatic rings. The lowest BCUT2D eigenvalue weighted by molar-refractivity contribution is 0.0701. The van der Waals surface area contributed by atoms with Crippen molar-refractivity contribution in [1.29, 1.82) is 0 Å². The fourth-order valence-corrected chi connectivity index (χ4v) is 3.61. The van der Waals surface area contributed by atoms with Crippen molar-refractivity contribution in [3.05, 3.63) is 39.9 Å². The minimum absolute atomic E-state index is 0.0846. The number of aryl methyl sites for hydroxylation is 1. The van der Waals surface area contributed by atoms with Crippen molar-refractivity contribution in [2.24, 2.45) is 0 Å².